The molecule has 2 N–H and O–H groups in total. The van der Waals surface area contributed by atoms with Crippen molar-refractivity contribution in [2.75, 3.05) is 5.32 Å². The molecule has 1 saturated carbocycles. The van der Waals surface area contributed by atoms with E-state index in [9.17, 15) is 9.90 Å². The number of aliphatic carboxylic acids is 1. The summed E-state index contributed by atoms with van der Waals surface area (Å²) in [6.45, 7) is 2.33. The summed E-state index contributed by atoms with van der Waals surface area (Å²) in [6.07, 6.45) is 7.87. The number of anilines is 1. The first kappa shape index (κ1) is 13.9. The molecule has 0 aromatic carbocycles. The summed E-state index contributed by atoms with van der Waals surface area (Å²) in [7, 11) is 0. The third-order valence-electron chi connectivity index (χ3n) is 4.60. The van der Waals surface area contributed by atoms with Crippen molar-refractivity contribution in [2.45, 2.75) is 63.8 Å². The van der Waals surface area contributed by atoms with Gasteiger partial charge in [0.25, 0.3) is 0 Å². The number of hydrogen-bond donors (Lipinski definition) is 2. The summed E-state index contributed by atoms with van der Waals surface area (Å²) >= 11 is 1.66. The number of carboxylic acids is 1. The van der Waals surface area contributed by atoms with E-state index >= 15 is 0 Å². The van der Waals surface area contributed by atoms with Crippen LogP contribution >= 0.6 is 11.3 Å². The number of thiazole rings is 1. The molecule has 0 amide bonds. The molecule has 3 unspecified atom stereocenters. The number of carbonyl (C=O) groups is 1. The van der Waals surface area contributed by atoms with Crippen LogP contribution in [0.3, 0.4) is 0 Å². The van der Waals surface area contributed by atoms with E-state index in [1.807, 2.05) is 0 Å². The van der Waals surface area contributed by atoms with Gasteiger partial charge in [0.2, 0.25) is 0 Å². The molecule has 0 aliphatic heterocycles. The third-order valence-corrected chi connectivity index (χ3v) is 5.66. The SMILES string of the molecule is CC1CCCC(Nc2nc3c(s2)CCC3C(=O)O)CC1. The number of hydrogen-bond acceptors (Lipinski definition) is 4. The van der Waals surface area contributed by atoms with Gasteiger partial charge in [-0.3, -0.25) is 4.79 Å². The molecule has 3 rings (SSSR count). The Balaban J connectivity index is 1.67. The fraction of sp³-hybridized carbons (Fsp3) is 0.733. The van der Waals surface area contributed by atoms with Crippen LogP contribution in [0.2, 0.25) is 0 Å². The molecule has 2 aliphatic rings. The second-order valence-electron chi connectivity index (χ2n) is 6.21. The van der Waals surface area contributed by atoms with Gasteiger partial charge in [-0.15, -0.1) is 11.3 Å². The highest BCUT2D eigenvalue weighted by molar-refractivity contribution is 7.15. The van der Waals surface area contributed by atoms with Gasteiger partial charge in [-0.25, -0.2) is 4.98 Å². The van der Waals surface area contributed by atoms with Crippen LogP contribution in [-0.2, 0) is 11.2 Å². The van der Waals surface area contributed by atoms with Crippen LogP contribution in [0.5, 0.6) is 0 Å². The smallest absolute Gasteiger partial charge is 0.312 e. The van der Waals surface area contributed by atoms with Crippen molar-refractivity contribution in [3.8, 4) is 0 Å². The highest BCUT2D eigenvalue weighted by atomic mass is 32.1. The summed E-state index contributed by atoms with van der Waals surface area (Å²) in [5.74, 6) is -0.283. The lowest BCUT2D eigenvalue weighted by Gasteiger charge is -2.15. The maximum Gasteiger partial charge on any atom is 0.312 e. The second kappa shape index (κ2) is 5.72. The van der Waals surface area contributed by atoms with Crippen molar-refractivity contribution >= 4 is 22.4 Å². The minimum Gasteiger partial charge on any atom is -0.481 e. The normalized spacial score (nSPS) is 29.8. The van der Waals surface area contributed by atoms with Gasteiger partial charge in [0.05, 0.1) is 5.69 Å². The average Bonchev–Trinajstić information content (AvgIpc) is 2.88. The number of aryl methyl sites for hydroxylation is 1. The fourth-order valence-electron chi connectivity index (χ4n) is 3.34. The monoisotopic (exact) mass is 294 g/mol. The number of nitrogens with zero attached hydrogens (tertiary/aromatic N) is 1. The van der Waals surface area contributed by atoms with Crippen molar-refractivity contribution in [1.82, 2.24) is 4.98 Å². The van der Waals surface area contributed by atoms with Crippen LogP contribution in [0.15, 0.2) is 0 Å². The van der Waals surface area contributed by atoms with Crippen LogP contribution in [-0.4, -0.2) is 22.1 Å². The molecular weight excluding hydrogens is 272 g/mol. The Morgan fingerprint density at radius 2 is 2.15 bits per heavy atom. The van der Waals surface area contributed by atoms with Gasteiger partial charge in [0, 0.05) is 10.9 Å². The summed E-state index contributed by atoms with van der Waals surface area (Å²) in [5.41, 5.74) is 0.812. The standard InChI is InChI=1S/C15H22N2O2S/c1-9-3-2-4-10(6-5-9)16-15-17-13-11(14(18)19)7-8-12(13)20-15/h9-11H,2-8H2,1H3,(H,16,17)(H,18,19). The van der Waals surface area contributed by atoms with Crippen molar-refractivity contribution < 1.29 is 9.90 Å². The van der Waals surface area contributed by atoms with E-state index in [4.69, 9.17) is 0 Å². The number of aromatic nitrogens is 1. The predicted molar refractivity (Wildman–Crippen MR) is 80.5 cm³/mol. The summed E-state index contributed by atoms with van der Waals surface area (Å²) in [6, 6.07) is 0.509. The number of carboxylic acid groups (broad SMARTS) is 1. The summed E-state index contributed by atoms with van der Waals surface area (Å²) in [4.78, 5) is 16.9. The van der Waals surface area contributed by atoms with Gasteiger partial charge in [-0.1, -0.05) is 19.8 Å². The van der Waals surface area contributed by atoms with Crippen LogP contribution < -0.4 is 5.32 Å². The number of fused-ring (bicyclic) bond motifs is 1. The van der Waals surface area contributed by atoms with Gasteiger partial charge < -0.3 is 10.4 Å². The van der Waals surface area contributed by atoms with Gasteiger partial charge in [0.15, 0.2) is 5.13 Å². The molecule has 1 aromatic rings. The molecule has 4 nitrogen and oxygen atoms in total. The van der Waals surface area contributed by atoms with E-state index in [-0.39, 0.29) is 5.92 Å². The van der Waals surface area contributed by atoms with Gasteiger partial charge in [-0.05, 0) is 38.0 Å². The first-order valence-corrected chi connectivity index (χ1v) is 8.44. The molecular formula is C15H22N2O2S. The minimum absolute atomic E-state index is 0.383. The van der Waals surface area contributed by atoms with Gasteiger partial charge in [0.1, 0.15) is 5.92 Å². The number of nitrogens with one attached hydrogen (secondary N) is 1. The Kier molecular flexibility index (Phi) is 3.96. The molecule has 5 heteroatoms. The Morgan fingerprint density at radius 1 is 1.30 bits per heavy atom. The van der Waals surface area contributed by atoms with E-state index in [0.717, 1.165) is 23.2 Å². The molecule has 3 atom stereocenters. The largest absolute Gasteiger partial charge is 0.481 e. The zero-order valence-corrected chi connectivity index (χ0v) is 12.7. The van der Waals surface area contributed by atoms with E-state index in [1.165, 1.54) is 37.0 Å². The number of rotatable bonds is 3. The summed E-state index contributed by atoms with van der Waals surface area (Å²) in [5, 5.41) is 13.7. The van der Waals surface area contributed by atoms with Crippen LogP contribution in [0.1, 0.15) is 61.9 Å². The van der Waals surface area contributed by atoms with Crippen LogP contribution in [0.25, 0.3) is 0 Å². The highest BCUT2D eigenvalue weighted by Crippen LogP contribution is 2.39. The lowest BCUT2D eigenvalue weighted by molar-refractivity contribution is -0.138. The third kappa shape index (κ3) is 2.82. The molecule has 1 heterocycles. The Labute approximate surface area is 123 Å². The molecule has 110 valence electrons. The predicted octanol–water partition coefficient (Wildman–Crippen LogP) is 3.64. The van der Waals surface area contributed by atoms with Crippen molar-refractivity contribution in [3.05, 3.63) is 10.6 Å². The molecule has 1 fully saturated rings. The Bertz CT molecular complexity index is 500. The van der Waals surface area contributed by atoms with E-state index in [1.54, 1.807) is 11.3 Å². The topological polar surface area (TPSA) is 62.2 Å². The molecule has 1 aromatic heterocycles. The first-order chi connectivity index (χ1) is 9.63. The maximum absolute atomic E-state index is 11.2. The molecule has 2 aliphatic carbocycles. The zero-order chi connectivity index (χ0) is 14.1. The van der Waals surface area contributed by atoms with Crippen molar-refractivity contribution in [3.63, 3.8) is 0 Å². The lowest BCUT2D eigenvalue weighted by atomic mass is 10.0. The highest BCUT2D eigenvalue weighted by Gasteiger charge is 2.32. The second-order valence-corrected chi connectivity index (χ2v) is 7.30. The van der Waals surface area contributed by atoms with E-state index < -0.39 is 5.97 Å². The fourth-order valence-corrected chi connectivity index (χ4v) is 4.45. The summed E-state index contributed by atoms with van der Waals surface area (Å²) < 4.78 is 0. The molecule has 0 bridgehead atoms. The minimum atomic E-state index is -0.733. The van der Waals surface area contributed by atoms with Crippen molar-refractivity contribution in [1.29, 1.82) is 0 Å². The molecule has 0 spiro atoms. The molecule has 0 saturated heterocycles. The van der Waals surface area contributed by atoms with Crippen molar-refractivity contribution in [2.24, 2.45) is 5.92 Å². The average molecular weight is 294 g/mol. The Hall–Kier alpha value is -1.10. The Morgan fingerprint density at radius 3 is 2.95 bits per heavy atom. The maximum atomic E-state index is 11.2. The lowest BCUT2D eigenvalue weighted by Crippen LogP contribution is -2.18. The van der Waals surface area contributed by atoms with Gasteiger partial charge in [-0.2, -0.15) is 0 Å². The van der Waals surface area contributed by atoms with E-state index in [2.05, 4.69) is 17.2 Å². The van der Waals surface area contributed by atoms with Crippen LogP contribution in [0, 0.1) is 5.92 Å². The zero-order valence-electron chi connectivity index (χ0n) is 11.9. The molecule has 0 radical (unpaired) electrons. The van der Waals surface area contributed by atoms with Gasteiger partial charge >= 0.3 is 5.97 Å². The quantitative estimate of drug-likeness (QED) is 0.836. The van der Waals surface area contributed by atoms with Crippen LogP contribution in [0.4, 0.5) is 5.13 Å². The first-order valence-electron chi connectivity index (χ1n) is 7.62. The molecule has 20 heavy (non-hydrogen) atoms. The van der Waals surface area contributed by atoms with E-state index in [0.29, 0.717) is 12.5 Å².